The van der Waals surface area contributed by atoms with Crippen molar-refractivity contribution >= 4 is 17.4 Å². The molecule has 7 atom stereocenters. The van der Waals surface area contributed by atoms with Gasteiger partial charge in [-0.3, -0.25) is 14.7 Å². The van der Waals surface area contributed by atoms with Crippen molar-refractivity contribution in [1.82, 2.24) is 4.90 Å². The zero-order chi connectivity index (χ0) is 20.6. The average Bonchev–Trinajstić information content (AvgIpc) is 3.00. The first-order valence-electron chi connectivity index (χ1n) is 10.4. The van der Waals surface area contributed by atoms with Gasteiger partial charge in [-0.15, -0.1) is 0 Å². The van der Waals surface area contributed by atoms with Gasteiger partial charge in [0, 0.05) is 30.6 Å². The summed E-state index contributed by atoms with van der Waals surface area (Å²) < 4.78 is 10.7. The molecule has 29 heavy (non-hydrogen) atoms. The predicted molar refractivity (Wildman–Crippen MR) is 106 cm³/mol. The van der Waals surface area contributed by atoms with Crippen LogP contribution in [0.1, 0.15) is 31.7 Å². The molecule has 1 aromatic rings. The van der Waals surface area contributed by atoms with E-state index in [-0.39, 0.29) is 23.8 Å². The Hall–Kier alpha value is -1.96. The maximum absolute atomic E-state index is 13.4. The number of benzene rings is 1. The van der Waals surface area contributed by atoms with Gasteiger partial charge in [-0.05, 0) is 50.3 Å². The summed E-state index contributed by atoms with van der Waals surface area (Å²) in [4.78, 5) is 20.6. The number of piperidine rings is 2. The standard InChI is InChI=1S/C22H28N2O5/c1-12(25)15-8-13-10-21(20(26)29-3)18(15)24(11-13)7-6-22(27)16-9-14(28-2)4-5-17(16)23-19(21)22/h4-5,9,12-13,15,18,25,27H,6-8,10-11H2,1-3H3/t12-,13-,15+,18-,21-,22+/m0/s1. The molecule has 1 aromatic carbocycles. The van der Waals surface area contributed by atoms with Gasteiger partial charge in [-0.25, -0.2) is 0 Å². The lowest BCUT2D eigenvalue weighted by molar-refractivity contribution is -0.168. The maximum atomic E-state index is 13.4. The van der Waals surface area contributed by atoms with Crippen molar-refractivity contribution in [3.8, 4) is 5.75 Å². The highest BCUT2D eigenvalue weighted by Crippen LogP contribution is 2.60. The summed E-state index contributed by atoms with van der Waals surface area (Å²) in [5.74, 6) is 0.477. The van der Waals surface area contributed by atoms with Gasteiger partial charge in [-0.2, -0.15) is 0 Å². The molecule has 0 aromatic heterocycles. The summed E-state index contributed by atoms with van der Waals surface area (Å²) in [6, 6.07) is 5.25. The average molecular weight is 400 g/mol. The number of aliphatic imine (C=N–C) groups is 1. The lowest BCUT2D eigenvalue weighted by Gasteiger charge is -2.58. The number of methoxy groups -OCH3 is 2. The van der Waals surface area contributed by atoms with Crippen LogP contribution in [0.15, 0.2) is 23.2 Å². The topological polar surface area (TPSA) is 91.6 Å². The van der Waals surface area contributed by atoms with E-state index in [1.165, 1.54) is 7.11 Å². The fraction of sp³-hybridized carbons (Fsp3) is 0.636. The molecule has 7 heteroatoms. The number of hydrogen-bond donors (Lipinski definition) is 2. The third kappa shape index (κ3) is 2.35. The molecule has 1 saturated carbocycles. The van der Waals surface area contributed by atoms with Crippen LogP contribution >= 0.6 is 0 Å². The van der Waals surface area contributed by atoms with Crippen molar-refractivity contribution in [3.63, 3.8) is 0 Å². The Morgan fingerprint density at radius 3 is 2.86 bits per heavy atom. The molecule has 1 unspecified atom stereocenters. The van der Waals surface area contributed by atoms with Gasteiger partial charge in [0.25, 0.3) is 0 Å². The van der Waals surface area contributed by atoms with Crippen LogP contribution < -0.4 is 4.74 Å². The number of hydrogen-bond acceptors (Lipinski definition) is 7. The third-order valence-electron chi connectivity index (χ3n) is 7.64. The van der Waals surface area contributed by atoms with E-state index in [4.69, 9.17) is 14.5 Å². The Bertz CT molecular complexity index is 899. The fourth-order valence-corrected chi connectivity index (χ4v) is 6.55. The zero-order valence-corrected chi connectivity index (χ0v) is 17.1. The molecule has 7 nitrogen and oxygen atoms in total. The highest BCUT2D eigenvalue weighted by Gasteiger charge is 2.69. The maximum Gasteiger partial charge on any atom is 0.319 e. The van der Waals surface area contributed by atoms with E-state index in [1.54, 1.807) is 14.0 Å². The Labute approximate surface area is 170 Å². The van der Waals surface area contributed by atoms with E-state index < -0.39 is 17.1 Å². The Balaban J connectivity index is 1.74. The highest BCUT2D eigenvalue weighted by atomic mass is 16.5. The minimum Gasteiger partial charge on any atom is -0.497 e. The molecule has 0 amide bonds. The fourth-order valence-electron chi connectivity index (χ4n) is 6.55. The molecule has 4 fully saturated rings. The van der Waals surface area contributed by atoms with E-state index in [0.29, 0.717) is 42.1 Å². The van der Waals surface area contributed by atoms with Crippen LogP contribution in [0.3, 0.4) is 0 Å². The van der Waals surface area contributed by atoms with E-state index in [1.807, 2.05) is 18.2 Å². The molecule has 5 aliphatic rings. The van der Waals surface area contributed by atoms with Crippen molar-refractivity contribution in [3.05, 3.63) is 23.8 Å². The Kier molecular flexibility index (Phi) is 4.11. The van der Waals surface area contributed by atoms with Gasteiger partial charge >= 0.3 is 5.97 Å². The van der Waals surface area contributed by atoms with Crippen LogP contribution in [0.4, 0.5) is 5.69 Å². The van der Waals surface area contributed by atoms with Crippen molar-refractivity contribution < 1.29 is 24.5 Å². The molecule has 4 heterocycles. The number of aliphatic hydroxyl groups excluding tert-OH is 1. The van der Waals surface area contributed by atoms with E-state index in [9.17, 15) is 15.0 Å². The van der Waals surface area contributed by atoms with E-state index in [0.717, 1.165) is 13.0 Å². The molecular weight excluding hydrogens is 372 g/mol. The van der Waals surface area contributed by atoms with Crippen LogP contribution in [0, 0.1) is 17.3 Å². The van der Waals surface area contributed by atoms with Gasteiger partial charge in [-0.1, -0.05) is 0 Å². The molecule has 1 aliphatic carbocycles. The number of nitrogens with zero attached hydrogens (tertiary/aromatic N) is 2. The molecule has 4 aliphatic heterocycles. The third-order valence-corrected chi connectivity index (χ3v) is 7.64. The highest BCUT2D eigenvalue weighted by molar-refractivity contribution is 6.15. The van der Waals surface area contributed by atoms with E-state index in [2.05, 4.69) is 4.90 Å². The van der Waals surface area contributed by atoms with Crippen LogP contribution in [0.25, 0.3) is 0 Å². The van der Waals surface area contributed by atoms with Crippen LogP contribution in [0.2, 0.25) is 0 Å². The van der Waals surface area contributed by atoms with Crippen LogP contribution in [0.5, 0.6) is 5.75 Å². The number of esters is 1. The van der Waals surface area contributed by atoms with Crippen LogP contribution in [-0.4, -0.2) is 66.2 Å². The second-order valence-corrected chi connectivity index (χ2v) is 9.07. The number of rotatable bonds is 3. The van der Waals surface area contributed by atoms with Crippen molar-refractivity contribution in [2.45, 2.75) is 43.9 Å². The van der Waals surface area contributed by atoms with Gasteiger partial charge in [0.1, 0.15) is 16.8 Å². The first-order chi connectivity index (χ1) is 13.8. The monoisotopic (exact) mass is 400 g/mol. The molecule has 6 rings (SSSR count). The van der Waals surface area contributed by atoms with Crippen LogP contribution in [-0.2, 0) is 15.1 Å². The summed E-state index contributed by atoms with van der Waals surface area (Å²) in [5.41, 5.74) is -0.554. The number of carbonyl (C=O) groups is 1. The molecule has 0 spiro atoms. The SMILES string of the molecule is COC(=O)[C@@]12C[C@@H]3C[C@H]([C@H](C)O)[C@@H]1N(CC[C@]1(O)C2=Nc2ccc(OC)cc21)C3. The summed E-state index contributed by atoms with van der Waals surface area (Å²) in [6.07, 6.45) is 1.37. The van der Waals surface area contributed by atoms with Crippen molar-refractivity contribution in [2.75, 3.05) is 27.3 Å². The first-order valence-corrected chi connectivity index (χ1v) is 10.4. The second-order valence-electron chi connectivity index (χ2n) is 9.07. The molecule has 156 valence electrons. The van der Waals surface area contributed by atoms with Gasteiger partial charge in [0.15, 0.2) is 0 Å². The normalized spacial score (nSPS) is 40.4. The lowest BCUT2D eigenvalue weighted by atomic mass is 9.54. The minimum absolute atomic E-state index is 0.0649. The predicted octanol–water partition coefficient (Wildman–Crippen LogP) is 1.62. The Morgan fingerprint density at radius 2 is 2.17 bits per heavy atom. The van der Waals surface area contributed by atoms with Crippen molar-refractivity contribution in [2.24, 2.45) is 22.2 Å². The van der Waals surface area contributed by atoms with Gasteiger partial charge < -0.3 is 19.7 Å². The van der Waals surface area contributed by atoms with Gasteiger partial charge in [0.05, 0.1) is 31.7 Å². The van der Waals surface area contributed by atoms with Crippen molar-refractivity contribution in [1.29, 1.82) is 0 Å². The number of carbonyl (C=O) groups excluding carboxylic acids is 1. The van der Waals surface area contributed by atoms with Gasteiger partial charge in [0.2, 0.25) is 0 Å². The first kappa shape index (κ1) is 19.0. The molecule has 3 saturated heterocycles. The summed E-state index contributed by atoms with van der Waals surface area (Å²) in [5, 5.41) is 22.6. The molecule has 4 bridgehead atoms. The number of ether oxygens (including phenoxy) is 2. The largest absolute Gasteiger partial charge is 0.497 e. The quantitative estimate of drug-likeness (QED) is 0.750. The van der Waals surface area contributed by atoms with E-state index >= 15 is 0 Å². The second kappa shape index (κ2) is 6.27. The summed E-state index contributed by atoms with van der Waals surface area (Å²) in [7, 11) is 2.99. The lowest BCUT2D eigenvalue weighted by Crippen LogP contribution is -2.69. The molecule has 2 N–H and O–H groups in total. The Morgan fingerprint density at radius 1 is 1.38 bits per heavy atom. The summed E-state index contributed by atoms with van der Waals surface area (Å²) in [6.45, 7) is 3.31. The molecule has 0 radical (unpaired) electrons. The smallest absolute Gasteiger partial charge is 0.319 e. The number of aliphatic hydroxyl groups is 2. The number of fused-ring (bicyclic) bond motifs is 4. The zero-order valence-electron chi connectivity index (χ0n) is 17.1. The minimum atomic E-state index is -1.35. The summed E-state index contributed by atoms with van der Waals surface area (Å²) >= 11 is 0. The molecular formula is C22H28N2O5.